The van der Waals surface area contributed by atoms with Gasteiger partial charge in [0.05, 0.1) is 14.4 Å². The van der Waals surface area contributed by atoms with Crippen molar-refractivity contribution < 1.29 is 13.2 Å². The number of Topliss-reactive ketones (excluding diaryl/α,β-unsaturated/α-hetero) is 1. The Kier molecular flexibility index (Phi) is 5.15. The molecular weight excluding hydrogens is 380 g/mol. The number of carbonyl (C=O) groups excluding carboxylic acids is 1. The Labute approximate surface area is 115 Å². The predicted octanol–water partition coefficient (Wildman–Crippen LogP) is 3.28. The molecule has 0 bridgehead atoms. The Hall–Kier alpha value is 0.280. The van der Waals surface area contributed by atoms with Crippen molar-refractivity contribution in [1.82, 2.24) is 0 Å². The lowest BCUT2D eigenvalue weighted by Crippen LogP contribution is -2.05. The maximum Gasteiger partial charge on any atom is 0.172 e. The van der Waals surface area contributed by atoms with Crippen LogP contribution in [-0.2, 0) is 9.84 Å². The van der Waals surface area contributed by atoms with Gasteiger partial charge in [0, 0.05) is 17.1 Å². The highest BCUT2D eigenvalue weighted by Gasteiger charge is 2.12. The van der Waals surface area contributed by atoms with Crippen molar-refractivity contribution >= 4 is 58.8 Å². The molecule has 0 N–H and O–H groups in total. The number of ketones is 1. The molecule has 0 spiro atoms. The van der Waals surface area contributed by atoms with E-state index in [-0.39, 0.29) is 18.0 Å². The minimum absolute atomic E-state index is 0.0138. The zero-order valence-electron chi connectivity index (χ0n) is 8.50. The highest BCUT2D eigenvalue weighted by Crippen LogP contribution is 2.33. The van der Waals surface area contributed by atoms with Crippen LogP contribution < -0.4 is 0 Å². The predicted molar refractivity (Wildman–Crippen MR) is 73.0 cm³/mol. The Morgan fingerprint density at radius 3 is 2.50 bits per heavy atom. The summed E-state index contributed by atoms with van der Waals surface area (Å²) >= 11 is 7.96. The molecule has 0 aliphatic carbocycles. The smallest absolute Gasteiger partial charge is 0.172 e. The maximum atomic E-state index is 11.7. The molecule has 1 aromatic rings. The number of carbonyl (C=O) groups is 1. The van der Waals surface area contributed by atoms with Crippen LogP contribution in [0.3, 0.4) is 0 Å². The number of thiophene rings is 1. The van der Waals surface area contributed by atoms with E-state index in [4.69, 9.17) is 0 Å². The van der Waals surface area contributed by atoms with Crippen molar-refractivity contribution in [3.05, 3.63) is 19.2 Å². The fourth-order valence-corrected chi connectivity index (χ4v) is 3.77. The van der Waals surface area contributed by atoms with E-state index in [9.17, 15) is 13.2 Å². The van der Waals surface area contributed by atoms with Gasteiger partial charge >= 0.3 is 0 Å². The molecule has 0 unspecified atom stereocenters. The molecule has 3 nitrogen and oxygen atoms in total. The van der Waals surface area contributed by atoms with Crippen molar-refractivity contribution in [2.24, 2.45) is 0 Å². The Morgan fingerprint density at radius 1 is 1.44 bits per heavy atom. The van der Waals surface area contributed by atoms with Crippen LogP contribution in [0.5, 0.6) is 0 Å². The topological polar surface area (TPSA) is 51.2 Å². The maximum absolute atomic E-state index is 11.7. The second kappa shape index (κ2) is 5.75. The Morgan fingerprint density at radius 2 is 2.06 bits per heavy atom. The molecule has 0 aliphatic heterocycles. The first-order valence-electron chi connectivity index (χ1n) is 4.45. The van der Waals surface area contributed by atoms with Gasteiger partial charge in [-0.3, -0.25) is 4.79 Å². The molecule has 1 aromatic heterocycles. The molecule has 0 saturated heterocycles. The van der Waals surface area contributed by atoms with Gasteiger partial charge in [-0.1, -0.05) is 0 Å². The fourth-order valence-electron chi connectivity index (χ4n) is 1.10. The van der Waals surface area contributed by atoms with E-state index in [2.05, 4.69) is 31.9 Å². The van der Waals surface area contributed by atoms with E-state index in [1.807, 2.05) is 0 Å². The third-order valence-electron chi connectivity index (χ3n) is 1.84. The lowest BCUT2D eigenvalue weighted by molar-refractivity contribution is 0.0986. The summed E-state index contributed by atoms with van der Waals surface area (Å²) < 4.78 is 23.5. The van der Waals surface area contributed by atoms with Gasteiger partial charge < -0.3 is 0 Å². The van der Waals surface area contributed by atoms with Crippen LogP contribution in [0.2, 0.25) is 0 Å². The van der Waals surface area contributed by atoms with Crippen molar-refractivity contribution in [3.63, 3.8) is 0 Å². The summed E-state index contributed by atoms with van der Waals surface area (Å²) in [6, 6.07) is 1.75. The van der Waals surface area contributed by atoms with Crippen LogP contribution in [-0.4, -0.2) is 26.2 Å². The standard InChI is InChI=1S/C9H10Br2O3S2/c1-16(13,14)4-2-3-7(12)8-5-6(10)9(11)15-8/h5H,2-4H2,1H3. The summed E-state index contributed by atoms with van der Waals surface area (Å²) in [7, 11) is -2.97. The molecule has 0 atom stereocenters. The summed E-state index contributed by atoms with van der Waals surface area (Å²) in [5, 5.41) is 0. The minimum atomic E-state index is -2.97. The highest BCUT2D eigenvalue weighted by atomic mass is 79.9. The largest absolute Gasteiger partial charge is 0.293 e. The van der Waals surface area contributed by atoms with E-state index in [0.29, 0.717) is 11.3 Å². The summed E-state index contributed by atoms with van der Waals surface area (Å²) in [5.74, 6) is 0.0481. The van der Waals surface area contributed by atoms with E-state index < -0.39 is 9.84 Å². The molecule has 0 amide bonds. The van der Waals surface area contributed by atoms with E-state index in [1.165, 1.54) is 17.6 Å². The fraction of sp³-hybridized carbons (Fsp3) is 0.444. The van der Waals surface area contributed by atoms with Gasteiger partial charge in [-0.15, -0.1) is 11.3 Å². The molecule has 1 rings (SSSR count). The first-order chi connectivity index (χ1) is 7.29. The van der Waals surface area contributed by atoms with Crippen molar-refractivity contribution in [2.45, 2.75) is 12.8 Å². The molecule has 90 valence electrons. The SMILES string of the molecule is CS(=O)(=O)CCCC(=O)c1cc(Br)c(Br)s1. The normalized spacial score (nSPS) is 11.7. The Balaban J connectivity index is 2.54. The van der Waals surface area contributed by atoms with Crippen LogP contribution in [0.25, 0.3) is 0 Å². The monoisotopic (exact) mass is 388 g/mol. The zero-order chi connectivity index (χ0) is 12.3. The third-order valence-corrected chi connectivity index (χ3v) is 6.17. The molecule has 0 saturated carbocycles. The molecule has 0 fully saturated rings. The van der Waals surface area contributed by atoms with Gasteiger partial charge in [0.15, 0.2) is 5.78 Å². The third kappa shape index (κ3) is 4.65. The summed E-state index contributed by atoms with van der Waals surface area (Å²) in [6.45, 7) is 0. The number of rotatable bonds is 5. The van der Waals surface area contributed by atoms with Crippen LogP contribution in [0, 0.1) is 0 Å². The first kappa shape index (κ1) is 14.3. The van der Waals surface area contributed by atoms with E-state index in [1.54, 1.807) is 6.07 Å². The van der Waals surface area contributed by atoms with Crippen molar-refractivity contribution in [3.8, 4) is 0 Å². The lowest BCUT2D eigenvalue weighted by Gasteiger charge is -1.97. The second-order valence-corrected chi connectivity index (χ2v) is 8.87. The number of sulfone groups is 1. The highest BCUT2D eigenvalue weighted by molar-refractivity contribution is 9.13. The summed E-state index contributed by atoms with van der Waals surface area (Å²) in [5.41, 5.74) is 0. The quantitative estimate of drug-likeness (QED) is 0.726. The number of hydrogen-bond acceptors (Lipinski definition) is 4. The zero-order valence-corrected chi connectivity index (χ0v) is 13.3. The average Bonchev–Trinajstić information content (AvgIpc) is 2.45. The van der Waals surface area contributed by atoms with Crippen LogP contribution in [0.4, 0.5) is 0 Å². The van der Waals surface area contributed by atoms with Crippen molar-refractivity contribution in [1.29, 1.82) is 0 Å². The minimum Gasteiger partial charge on any atom is -0.293 e. The molecule has 0 aromatic carbocycles. The van der Waals surface area contributed by atoms with E-state index >= 15 is 0 Å². The van der Waals surface area contributed by atoms with Crippen LogP contribution in [0.1, 0.15) is 22.5 Å². The molecule has 1 heterocycles. The van der Waals surface area contributed by atoms with Gasteiger partial charge in [-0.25, -0.2) is 8.42 Å². The molecule has 0 aliphatic rings. The number of hydrogen-bond donors (Lipinski definition) is 0. The van der Waals surface area contributed by atoms with Gasteiger partial charge in [-0.2, -0.15) is 0 Å². The van der Waals surface area contributed by atoms with Gasteiger partial charge in [-0.05, 0) is 44.3 Å². The lowest BCUT2D eigenvalue weighted by atomic mass is 10.2. The summed E-state index contributed by atoms with van der Waals surface area (Å²) in [4.78, 5) is 12.3. The first-order valence-corrected chi connectivity index (χ1v) is 8.91. The number of halogens is 2. The molecule has 0 radical (unpaired) electrons. The Bertz CT molecular complexity index is 471. The van der Waals surface area contributed by atoms with Crippen molar-refractivity contribution in [2.75, 3.05) is 12.0 Å². The second-order valence-electron chi connectivity index (χ2n) is 3.39. The van der Waals surface area contributed by atoms with Crippen LogP contribution in [0.15, 0.2) is 14.3 Å². The molecular formula is C9H10Br2O3S2. The van der Waals surface area contributed by atoms with Crippen LogP contribution >= 0.6 is 43.2 Å². The van der Waals surface area contributed by atoms with E-state index in [0.717, 1.165) is 8.26 Å². The molecule has 7 heteroatoms. The van der Waals surface area contributed by atoms with Gasteiger partial charge in [0.1, 0.15) is 9.84 Å². The van der Waals surface area contributed by atoms with Gasteiger partial charge in [0.25, 0.3) is 0 Å². The summed E-state index contributed by atoms with van der Waals surface area (Å²) in [6.07, 6.45) is 1.83. The van der Waals surface area contributed by atoms with Gasteiger partial charge in [0.2, 0.25) is 0 Å². The molecule has 16 heavy (non-hydrogen) atoms. The average molecular weight is 390 g/mol.